The van der Waals surface area contributed by atoms with Crippen molar-refractivity contribution in [1.29, 1.82) is 0 Å². The van der Waals surface area contributed by atoms with Gasteiger partial charge in [-0.1, -0.05) is 173 Å². The smallest absolute Gasteiger partial charge is 0.252 e. The van der Waals surface area contributed by atoms with E-state index in [9.17, 15) is 0 Å². The van der Waals surface area contributed by atoms with Gasteiger partial charge in [-0.25, -0.2) is 0 Å². The van der Waals surface area contributed by atoms with Gasteiger partial charge >= 0.3 is 0 Å². The first kappa shape index (κ1) is 51.9. The van der Waals surface area contributed by atoms with Gasteiger partial charge in [-0.2, -0.15) is 0 Å². The van der Waals surface area contributed by atoms with E-state index in [4.69, 9.17) is 4.42 Å². The molecule has 0 fully saturated rings. The topological polar surface area (TPSA) is 24.6 Å². The third kappa shape index (κ3) is 8.25. The summed E-state index contributed by atoms with van der Waals surface area (Å²) in [6.45, 7) is 39.1. The predicted octanol–water partition coefficient (Wildman–Crippen LogP) is 17.2. The lowest BCUT2D eigenvalue weighted by atomic mass is 9.33. The molecule has 0 spiro atoms. The second-order valence-corrected chi connectivity index (χ2v) is 26.2. The van der Waals surface area contributed by atoms with Gasteiger partial charge in [0.25, 0.3) is 6.71 Å². The fourth-order valence-corrected chi connectivity index (χ4v) is 13.4. The molecule has 0 amide bonds. The molecule has 9 aromatic carbocycles. The molecule has 2 aliphatic rings. The van der Waals surface area contributed by atoms with Gasteiger partial charge in [0, 0.05) is 55.4 Å². The van der Waals surface area contributed by atoms with E-state index in [1.54, 1.807) is 0 Å². The summed E-state index contributed by atoms with van der Waals surface area (Å²) in [6, 6.07) is 64.1. The minimum atomic E-state index is -0.203. The molecule has 4 heterocycles. The number of hydrogen-bond acceptors (Lipinski definition) is 3. The van der Waals surface area contributed by atoms with E-state index in [0.29, 0.717) is 0 Å². The summed E-state index contributed by atoms with van der Waals surface area (Å²) < 4.78 is 9.11. The Morgan fingerprint density at radius 2 is 1.00 bits per heavy atom. The first-order valence-electron chi connectivity index (χ1n) is 28.8. The summed E-state index contributed by atoms with van der Waals surface area (Å²) in [4.78, 5) is 5.29. The third-order valence-electron chi connectivity index (χ3n) is 17.6. The summed E-state index contributed by atoms with van der Waals surface area (Å²) in [6.07, 6.45) is 1.93. The molecular weight excluding hydrogens is 982 g/mol. The number of nitrogens with zero attached hydrogens (tertiary/aromatic N) is 3. The van der Waals surface area contributed by atoms with Gasteiger partial charge < -0.3 is 18.8 Å². The largest absolute Gasteiger partial charge is 0.455 e. The van der Waals surface area contributed by atoms with Crippen LogP contribution in [-0.2, 0) is 16.2 Å². The maximum absolute atomic E-state index is 6.62. The van der Waals surface area contributed by atoms with Crippen molar-refractivity contribution in [2.45, 2.75) is 106 Å². The Bertz CT molecular complexity index is 4510. The molecule has 0 bridgehead atoms. The average Bonchev–Trinajstić information content (AvgIpc) is 3.74. The first-order chi connectivity index (χ1) is 38.6. The summed E-state index contributed by atoms with van der Waals surface area (Å²) in [7, 11) is 0. The number of aryl methyl sites for hydroxylation is 4. The van der Waals surface area contributed by atoms with Gasteiger partial charge in [0.2, 0.25) is 0 Å². The highest BCUT2D eigenvalue weighted by atomic mass is 16.3. The van der Waals surface area contributed by atoms with E-state index in [0.717, 1.165) is 55.2 Å². The van der Waals surface area contributed by atoms with Crippen molar-refractivity contribution in [3.8, 4) is 16.8 Å². The Hall–Kier alpha value is -8.54. The zero-order valence-electron chi connectivity index (χ0n) is 49.5. The molecule has 0 saturated carbocycles. The van der Waals surface area contributed by atoms with Crippen LogP contribution in [0.3, 0.4) is 0 Å². The first-order valence-corrected chi connectivity index (χ1v) is 28.8. The van der Waals surface area contributed by atoms with E-state index in [1.165, 1.54) is 106 Å². The standard InChI is InChI=1S/C76H72BN3O/c1-16-57(73-49(6)58-29-23-24-30-69(58)81-73)52-37-47(4)72(48(5)38-52)80-66-44-65-60(59-39-53(74(7,8)9)31-33-63(59)78(65)56-27-21-18-22-28-56)43-62(66)77-61-40-54(75(10,11)12)32-34-64(61)79(67-41-55(76(13,14)15)42-68(80)70(67)77)71-45(2)35-51(36-46(71)3)50-25-19-17-20-26-50/h16-44H,1,6H2,2-5,7-15H3/b73-57-. The number of furan rings is 1. The molecule has 0 saturated heterocycles. The minimum Gasteiger partial charge on any atom is -0.455 e. The minimum absolute atomic E-state index is 0.0482. The quantitative estimate of drug-likeness (QED) is 0.155. The van der Waals surface area contributed by atoms with Gasteiger partial charge in [0.05, 0.1) is 22.4 Å². The van der Waals surface area contributed by atoms with Gasteiger partial charge in [-0.15, -0.1) is 0 Å². The molecule has 11 aromatic rings. The molecule has 400 valence electrons. The maximum Gasteiger partial charge on any atom is 0.252 e. The fraction of sp³-hybridized carbons (Fsp3) is 0.211. The molecule has 4 nitrogen and oxygen atoms in total. The SMILES string of the molecule is C=C/C(c1cc(C)c(N2c3cc4c(cc3B3c5cc(C(C)(C)C)ccc5N(c5c(C)cc(-c6ccccc6)cc5C)c5cc(C(C)(C)C)cc2c53)c2cc(C(C)(C)C)ccc2n4-c2ccccc2)c(C)c1)=c1/oc2ccccc2c1=C. The van der Waals surface area contributed by atoms with Crippen LogP contribution in [0, 0.1) is 27.7 Å². The second kappa shape index (κ2) is 18.5. The fourth-order valence-electron chi connectivity index (χ4n) is 13.4. The maximum atomic E-state index is 6.62. The molecule has 0 N–H and O–H groups in total. The van der Waals surface area contributed by atoms with Gasteiger partial charge in [0.1, 0.15) is 11.0 Å². The Morgan fingerprint density at radius 1 is 0.469 bits per heavy atom. The number of anilines is 6. The molecule has 2 aromatic heterocycles. The van der Waals surface area contributed by atoms with E-state index in [-0.39, 0.29) is 23.0 Å². The molecule has 0 aliphatic carbocycles. The predicted molar refractivity (Wildman–Crippen MR) is 349 cm³/mol. The summed E-state index contributed by atoms with van der Waals surface area (Å²) in [5, 5.41) is 4.39. The second-order valence-electron chi connectivity index (χ2n) is 26.2. The Kier molecular flexibility index (Phi) is 11.9. The molecular formula is C76H72BN3O. The van der Waals surface area contributed by atoms with Crippen LogP contribution in [0.1, 0.15) is 107 Å². The van der Waals surface area contributed by atoms with Crippen LogP contribution in [0.5, 0.6) is 0 Å². The summed E-state index contributed by atoms with van der Waals surface area (Å²) in [5.74, 6) is 0. The molecule has 0 unspecified atom stereocenters. The Labute approximate surface area is 479 Å². The molecule has 2 aliphatic heterocycles. The number of benzene rings is 9. The van der Waals surface area contributed by atoms with Gasteiger partial charge in [-0.05, 0) is 195 Å². The van der Waals surface area contributed by atoms with Crippen molar-refractivity contribution in [2.24, 2.45) is 0 Å². The van der Waals surface area contributed by atoms with E-state index in [1.807, 2.05) is 24.3 Å². The van der Waals surface area contributed by atoms with Crippen LogP contribution in [0.4, 0.5) is 34.1 Å². The number of para-hydroxylation sites is 2. The molecule has 0 radical (unpaired) electrons. The van der Waals surface area contributed by atoms with Crippen molar-refractivity contribution < 1.29 is 4.42 Å². The van der Waals surface area contributed by atoms with Crippen molar-refractivity contribution in [3.05, 3.63) is 238 Å². The Balaban J connectivity index is 1.18. The number of allylic oxidation sites excluding steroid dienone is 1. The van der Waals surface area contributed by atoms with Crippen LogP contribution in [0.2, 0.25) is 0 Å². The van der Waals surface area contributed by atoms with Gasteiger partial charge in [0.15, 0.2) is 0 Å². The van der Waals surface area contributed by atoms with Crippen LogP contribution < -0.4 is 36.8 Å². The van der Waals surface area contributed by atoms with E-state index in [2.05, 4.69) is 269 Å². The molecule has 81 heavy (non-hydrogen) atoms. The van der Waals surface area contributed by atoms with E-state index < -0.39 is 0 Å². The van der Waals surface area contributed by atoms with Crippen molar-refractivity contribution in [3.63, 3.8) is 0 Å². The zero-order valence-corrected chi connectivity index (χ0v) is 49.5. The lowest BCUT2D eigenvalue weighted by Crippen LogP contribution is -2.61. The van der Waals surface area contributed by atoms with Crippen LogP contribution in [-0.4, -0.2) is 11.3 Å². The van der Waals surface area contributed by atoms with Crippen LogP contribution >= 0.6 is 0 Å². The number of rotatable bonds is 6. The molecule has 13 rings (SSSR count). The van der Waals surface area contributed by atoms with Crippen LogP contribution in [0.15, 0.2) is 187 Å². The highest BCUT2D eigenvalue weighted by molar-refractivity contribution is 7.00. The monoisotopic (exact) mass is 1050 g/mol. The molecule has 0 atom stereocenters. The summed E-state index contributed by atoms with van der Waals surface area (Å²) in [5.41, 5.74) is 28.9. The number of fused-ring (bicyclic) bond motifs is 8. The van der Waals surface area contributed by atoms with Crippen LogP contribution in [0.25, 0.3) is 61.7 Å². The lowest BCUT2D eigenvalue weighted by molar-refractivity contribution is 0.573. The Morgan fingerprint density at radius 3 is 1.60 bits per heavy atom. The lowest BCUT2D eigenvalue weighted by Gasteiger charge is -2.46. The van der Waals surface area contributed by atoms with Crippen molar-refractivity contribution >= 4 is 102 Å². The highest BCUT2D eigenvalue weighted by Gasteiger charge is 2.46. The average molecular weight is 1050 g/mol. The third-order valence-corrected chi connectivity index (χ3v) is 17.6. The van der Waals surface area contributed by atoms with Gasteiger partial charge in [-0.3, -0.25) is 0 Å². The molecule has 5 heteroatoms. The number of aromatic nitrogens is 1. The number of hydrogen-bond donors (Lipinski definition) is 0. The normalized spacial score (nSPS) is 13.7. The summed E-state index contributed by atoms with van der Waals surface area (Å²) >= 11 is 0. The van der Waals surface area contributed by atoms with E-state index >= 15 is 0 Å². The van der Waals surface area contributed by atoms with Crippen molar-refractivity contribution in [2.75, 3.05) is 9.80 Å². The zero-order chi connectivity index (χ0) is 56.8. The van der Waals surface area contributed by atoms with Crippen molar-refractivity contribution in [1.82, 2.24) is 4.57 Å². The highest BCUT2D eigenvalue weighted by Crippen LogP contribution is 2.51.